The number of hydrogen-bond acceptors (Lipinski definition) is 3. The Bertz CT molecular complexity index is 1060. The summed E-state index contributed by atoms with van der Waals surface area (Å²) < 4.78 is 12.6. The van der Waals surface area contributed by atoms with Gasteiger partial charge in [0.15, 0.2) is 11.5 Å². The number of aryl methyl sites for hydroxylation is 1. The van der Waals surface area contributed by atoms with Crippen molar-refractivity contribution in [3.05, 3.63) is 84.9 Å². The Labute approximate surface area is 199 Å². The fraction of sp³-hybridized carbons (Fsp3) is 0.174. The summed E-state index contributed by atoms with van der Waals surface area (Å²) in [4.78, 5) is 12.8. The Morgan fingerprint density at radius 1 is 1.03 bits per heavy atom. The molecule has 0 spiro atoms. The van der Waals surface area contributed by atoms with Crippen LogP contribution in [-0.2, 0) is 6.61 Å². The maximum atomic E-state index is 12.8. The molecule has 1 N–H and O–H groups in total. The number of rotatable bonds is 7. The summed E-state index contributed by atoms with van der Waals surface area (Å²) in [5, 5.41) is 3.67. The molecule has 30 heavy (non-hydrogen) atoms. The maximum Gasteiger partial charge on any atom is 0.255 e. The van der Waals surface area contributed by atoms with Gasteiger partial charge in [-0.2, -0.15) is 0 Å². The first-order valence-electron chi connectivity index (χ1n) is 9.28. The standard InChI is InChI=1S/C23H20Cl2INO3/c1-3-29-21-11-16(23(28)27-20-9-8-17(24)12-18(20)25)10-19(26)22(21)30-13-15-6-4-14(2)5-7-15/h4-12H,3,13H2,1-2H3,(H,27,28). The zero-order valence-electron chi connectivity index (χ0n) is 16.5. The smallest absolute Gasteiger partial charge is 0.255 e. The molecule has 0 fully saturated rings. The molecule has 0 atom stereocenters. The molecule has 0 aromatic heterocycles. The van der Waals surface area contributed by atoms with Gasteiger partial charge in [0.05, 0.1) is 20.9 Å². The number of amides is 1. The third kappa shape index (κ3) is 5.80. The highest BCUT2D eigenvalue weighted by atomic mass is 127. The summed E-state index contributed by atoms with van der Waals surface area (Å²) in [5.74, 6) is 0.825. The first kappa shape index (κ1) is 22.7. The van der Waals surface area contributed by atoms with Crippen LogP contribution < -0.4 is 14.8 Å². The summed E-state index contributed by atoms with van der Waals surface area (Å²) in [6.45, 7) is 4.78. The molecule has 0 aliphatic rings. The zero-order chi connectivity index (χ0) is 21.7. The highest BCUT2D eigenvalue weighted by Crippen LogP contribution is 2.35. The topological polar surface area (TPSA) is 47.6 Å². The number of carbonyl (C=O) groups is 1. The third-order valence-electron chi connectivity index (χ3n) is 4.25. The predicted molar refractivity (Wildman–Crippen MR) is 130 cm³/mol. The van der Waals surface area contributed by atoms with E-state index in [0.717, 1.165) is 9.13 Å². The lowest BCUT2D eigenvalue weighted by Crippen LogP contribution is -2.13. The molecule has 0 aliphatic carbocycles. The van der Waals surface area contributed by atoms with Crippen LogP contribution in [0.1, 0.15) is 28.4 Å². The molecular weight excluding hydrogens is 536 g/mol. The van der Waals surface area contributed by atoms with Crippen LogP contribution in [0.5, 0.6) is 11.5 Å². The van der Waals surface area contributed by atoms with Crippen LogP contribution in [0.2, 0.25) is 10.0 Å². The molecule has 0 saturated carbocycles. The number of ether oxygens (including phenoxy) is 2. The Kier molecular flexibility index (Phi) is 7.86. The number of anilines is 1. The average molecular weight is 556 g/mol. The Morgan fingerprint density at radius 2 is 1.77 bits per heavy atom. The SMILES string of the molecule is CCOc1cc(C(=O)Nc2ccc(Cl)cc2Cl)cc(I)c1OCc1ccc(C)cc1. The minimum Gasteiger partial charge on any atom is -0.490 e. The highest BCUT2D eigenvalue weighted by Gasteiger charge is 2.17. The van der Waals surface area contributed by atoms with Gasteiger partial charge in [0.2, 0.25) is 0 Å². The third-order valence-corrected chi connectivity index (χ3v) is 5.60. The van der Waals surface area contributed by atoms with Crippen molar-refractivity contribution in [1.82, 2.24) is 0 Å². The minimum atomic E-state index is -0.303. The van der Waals surface area contributed by atoms with Crippen LogP contribution in [0, 0.1) is 10.5 Å². The summed E-state index contributed by atoms with van der Waals surface area (Å²) in [6.07, 6.45) is 0. The van der Waals surface area contributed by atoms with Crippen LogP contribution in [-0.4, -0.2) is 12.5 Å². The minimum absolute atomic E-state index is 0.303. The predicted octanol–water partition coefficient (Wildman–Crippen LogP) is 7.14. The van der Waals surface area contributed by atoms with Crippen molar-refractivity contribution in [2.45, 2.75) is 20.5 Å². The number of carbonyl (C=O) groups excluding carboxylic acids is 1. The van der Waals surface area contributed by atoms with Gasteiger partial charge in [-0.3, -0.25) is 4.79 Å². The van der Waals surface area contributed by atoms with Gasteiger partial charge in [0.1, 0.15) is 6.61 Å². The summed E-state index contributed by atoms with van der Waals surface area (Å²) in [7, 11) is 0. The van der Waals surface area contributed by atoms with Gasteiger partial charge >= 0.3 is 0 Å². The molecule has 0 aliphatic heterocycles. The Morgan fingerprint density at radius 3 is 2.43 bits per heavy atom. The number of halogens is 3. The fourth-order valence-electron chi connectivity index (χ4n) is 2.73. The van der Waals surface area contributed by atoms with Gasteiger partial charge in [0.25, 0.3) is 5.91 Å². The fourth-order valence-corrected chi connectivity index (χ4v) is 3.94. The normalized spacial score (nSPS) is 10.6. The molecule has 1 amide bonds. The average Bonchev–Trinajstić information content (AvgIpc) is 2.70. The van der Waals surface area contributed by atoms with Gasteiger partial charge in [-0.05, 0) is 72.3 Å². The molecule has 0 unspecified atom stereocenters. The Hall–Kier alpha value is -1.96. The number of benzene rings is 3. The van der Waals surface area contributed by atoms with E-state index in [1.807, 2.05) is 38.1 Å². The molecule has 4 nitrogen and oxygen atoms in total. The molecule has 156 valence electrons. The van der Waals surface area contributed by atoms with Crippen molar-refractivity contribution in [3.63, 3.8) is 0 Å². The van der Waals surface area contributed by atoms with E-state index >= 15 is 0 Å². The number of hydrogen-bond donors (Lipinski definition) is 1. The van der Waals surface area contributed by atoms with Crippen molar-refractivity contribution in [3.8, 4) is 11.5 Å². The van der Waals surface area contributed by atoms with E-state index in [1.165, 1.54) is 5.56 Å². The van der Waals surface area contributed by atoms with Gasteiger partial charge in [-0.15, -0.1) is 0 Å². The quantitative estimate of drug-likeness (QED) is 0.315. The molecule has 3 aromatic carbocycles. The van der Waals surface area contributed by atoms with Crippen molar-refractivity contribution in [2.24, 2.45) is 0 Å². The van der Waals surface area contributed by atoms with E-state index in [4.69, 9.17) is 32.7 Å². The molecule has 0 saturated heterocycles. The number of nitrogens with one attached hydrogen (secondary N) is 1. The van der Waals surface area contributed by atoms with E-state index in [2.05, 4.69) is 27.9 Å². The summed E-state index contributed by atoms with van der Waals surface area (Å²) >= 11 is 14.2. The van der Waals surface area contributed by atoms with Gasteiger partial charge in [-0.25, -0.2) is 0 Å². The van der Waals surface area contributed by atoms with Crippen LogP contribution in [0.3, 0.4) is 0 Å². The maximum absolute atomic E-state index is 12.8. The molecule has 0 heterocycles. The van der Waals surface area contributed by atoms with Crippen molar-refractivity contribution >= 4 is 57.4 Å². The first-order chi connectivity index (χ1) is 14.4. The van der Waals surface area contributed by atoms with Crippen LogP contribution in [0.4, 0.5) is 5.69 Å². The van der Waals surface area contributed by atoms with Gasteiger partial charge < -0.3 is 14.8 Å². The molecule has 0 radical (unpaired) electrons. The summed E-state index contributed by atoms with van der Waals surface area (Å²) in [6, 6.07) is 16.5. The zero-order valence-corrected chi connectivity index (χ0v) is 20.1. The second kappa shape index (κ2) is 10.4. The molecule has 3 aromatic rings. The van der Waals surface area contributed by atoms with E-state index < -0.39 is 0 Å². The van der Waals surface area contributed by atoms with Crippen molar-refractivity contribution in [2.75, 3.05) is 11.9 Å². The highest BCUT2D eigenvalue weighted by molar-refractivity contribution is 14.1. The van der Waals surface area contributed by atoms with Crippen molar-refractivity contribution < 1.29 is 14.3 Å². The molecule has 3 rings (SSSR count). The second-order valence-corrected chi connectivity index (χ2v) is 8.58. The van der Waals surface area contributed by atoms with Crippen LogP contribution in [0.25, 0.3) is 0 Å². The van der Waals surface area contributed by atoms with Gasteiger partial charge in [0, 0.05) is 10.6 Å². The lowest BCUT2D eigenvalue weighted by molar-refractivity contribution is 0.102. The lowest BCUT2D eigenvalue weighted by Gasteiger charge is -2.16. The monoisotopic (exact) mass is 555 g/mol. The van der Waals surface area contributed by atoms with E-state index in [-0.39, 0.29) is 5.91 Å². The van der Waals surface area contributed by atoms with Crippen molar-refractivity contribution in [1.29, 1.82) is 0 Å². The molecular formula is C23H20Cl2INO3. The summed E-state index contributed by atoms with van der Waals surface area (Å²) in [5.41, 5.74) is 3.17. The lowest BCUT2D eigenvalue weighted by atomic mass is 10.1. The van der Waals surface area contributed by atoms with Gasteiger partial charge in [-0.1, -0.05) is 53.0 Å². The van der Waals surface area contributed by atoms with Crippen LogP contribution in [0.15, 0.2) is 54.6 Å². The van der Waals surface area contributed by atoms with E-state index in [0.29, 0.717) is 46.0 Å². The van der Waals surface area contributed by atoms with Crippen LogP contribution >= 0.6 is 45.8 Å². The Balaban J connectivity index is 1.82. The molecule has 0 bridgehead atoms. The molecule has 7 heteroatoms. The second-order valence-electron chi connectivity index (χ2n) is 6.57. The first-order valence-corrected chi connectivity index (χ1v) is 11.1. The van der Waals surface area contributed by atoms with E-state index in [1.54, 1.807) is 30.3 Å². The largest absolute Gasteiger partial charge is 0.490 e. The van der Waals surface area contributed by atoms with E-state index in [9.17, 15) is 4.79 Å².